The average molecular weight is 524 g/mol. The molecule has 4 rings (SSSR count). The minimum atomic E-state index is -0.739. The number of halogens is 1. The summed E-state index contributed by atoms with van der Waals surface area (Å²) in [5.74, 6) is 0.739. The van der Waals surface area contributed by atoms with Crippen LogP contribution in [0, 0.1) is 0 Å². The van der Waals surface area contributed by atoms with Crippen LogP contribution in [0.25, 0.3) is 0 Å². The molecule has 186 valence electrons. The van der Waals surface area contributed by atoms with Crippen LogP contribution >= 0.6 is 23.8 Å². The van der Waals surface area contributed by atoms with Gasteiger partial charge in [-0.15, -0.1) is 0 Å². The van der Waals surface area contributed by atoms with E-state index in [1.807, 2.05) is 41.3 Å². The van der Waals surface area contributed by atoms with E-state index in [1.165, 1.54) is 4.90 Å². The van der Waals surface area contributed by atoms with Crippen LogP contribution in [-0.2, 0) is 16.0 Å². The quantitative estimate of drug-likeness (QED) is 0.401. The molecule has 0 spiro atoms. The summed E-state index contributed by atoms with van der Waals surface area (Å²) >= 11 is 11.8. The van der Waals surface area contributed by atoms with Crippen LogP contribution in [0.3, 0.4) is 0 Å². The highest BCUT2D eigenvalue weighted by Crippen LogP contribution is 2.30. The van der Waals surface area contributed by atoms with Crippen molar-refractivity contribution in [2.24, 2.45) is 0 Å². The average Bonchev–Trinajstić information content (AvgIpc) is 3.12. The standard InChI is InChI=1S/C27H26ClN3O4S/c1-34-23-13-8-18(16-24(23)35-2)14-15-30-22(17-25(32)29-20-6-4-3-5-7-20)26(33)31(27(30)36)21-11-9-19(28)10-12-21/h3-13,16,22H,14-15,17H2,1-2H3,(H,29,32)/t22-/m1/s1. The van der Waals surface area contributed by atoms with Crippen molar-refractivity contribution in [3.05, 3.63) is 83.4 Å². The number of hydrogen-bond acceptors (Lipinski definition) is 5. The Labute approximate surface area is 220 Å². The van der Waals surface area contributed by atoms with Crippen LogP contribution in [0.2, 0.25) is 5.02 Å². The smallest absolute Gasteiger partial charge is 0.256 e. The molecule has 1 saturated heterocycles. The molecule has 2 amide bonds. The molecule has 0 unspecified atom stereocenters. The van der Waals surface area contributed by atoms with Crippen LogP contribution in [0.5, 0.6) is 11.5 Å². The van der Waals surface area contributed by atoms with Gasteiger partial charge in [-0.25, -0.2) is 0 Å². The summed E-state index contributed by atoms with van der Waals surface area (Å²) in [5, 5.41) is 3.76. The predicted molar refractivity (Wildman–Crippen MR) is 145 cm³/mol. The predicted octanol–water partition coefficient (Wildman–Crippen LogP) is 4.93. The normalized spacial score (nSPS) is 15.2. The van der Waals surface area contributed by atoms with Gasteiger partial charge in [0.05, 0.1) is 26.3 Å². The topological polar surface area (TPSA) is 71.1 Å². The number of rotatable bonds is 9. The van der Waals surface area contributed by atoms with E-state index in [9.17, 15) is 9.59 Å². The summed E-state index contributed by atoms with van der Waals surface area (Å²) in [5.41, 5.74) is 2.26. The van der Waals surface area contributed by atoms with Gasteiger partial charge in [0.2, 0.25) is 5.91 Å². The van der Waals surface area contributed by atoms with Crippen molar-refractivity contribution in [2.45, 2.75) is 18.9 Å². The van der Waals surface area contributed by atoms with Gasteiger partial charge >= 0.3 is 0 Å². The first kappa shape index (κ1) is 25.5. The lowest BCUT2D eigenvalue weighted by Crippen LogP contribution is -2.39. The van der Waals surface area contributed by atoms with Gasteiger partial charge in [0.15, 0.2) is 16.6 Å². The highest BCUT2D eigenvalue weighted by Gasteiger charge is 2.43. The summed E-state index contributed by atoms with van der Waals surface area (Å²) in [6, 6.07) is 21.0. The van der Waals surface area contributed by atoms with Crippen molar-refractivity contribution in [3.63, 3.8) is 0 Å². The molecule has 1 aliphatic rings. The highest BCUT2D eigenvalue weighted by molar-refractivity contribution is 7.80. The number of para-hydroxylation sites is 1. The third-order valence-corrected chi connectivity index (χ3v) is 6.60. The maximum atomic E-state index is 13.5. The van der Waals surface area contributed by atoms with Crippen molar-refractivity contribution in [3.8, 4) is 11.5 Å². The lowest BCUT2D eigenvalue weighted by atomic mass is 10.1. The maximum Gasteiger partial charge on any atom is 0.256 e. The molecule has 0 aliphatic carbocycles. The van der Waals surface area contributed by atoms with Gasteiger partial charge in [0.1, 0.15) is 6.04 Å². The molecule has 0 bridgehead atoms. The fourth-order valence-electron chi connectivity index (χ4n) is 4.11. The van der Waals surface area contributed by atoms with Gasteiger partial charge < -0.3 is 19.7 Å². The van der Waals surface area contributed by atoms with Crippen LogP contribution in [0.4, 0.5) is 11.4 Å². The van der Waals surface area contributed by atoms with E-state index in [2.05, 4.69) is 5.32 Å². The van der Waals surface area contributed by atoms with Crippen molar-refractivity contribution in [1.82, 2.24) is 4.90 Å². The van der Waals surface area contributed by atoms with E-state index in [0.717, 1.165) is 5.56 Å². The number of nitrogens with one attached hydrogen (secondary N) is 1. The van der Waals surface area contributed by atoms with E-state index >= 15 is 0 Å². The minimum absolute atomic E-state index is 0.0378. The first-order valence-corrected chi connectivity index (χ1v) is 12.2. The Morgan fingerprint density at radius 2 is 1.69 bits per heavy atom. The summed E-state index contributed by atoms with van der Waals surface area (Å²) in [4.78, 5) is 29.7. The number of amides is 2. The van der Waals surface area contributed by atoms with Gasteiger partial charge in [0.25, 0.3) is 5.91 Å². The Balaban J connectivity index is 1.56. The monoisotopic (exact) mass is 523 g/mol. The third kappa shape index (κ3) is 5.61. The molecule has 0 radical (unpaired) electrons. The molecule has 7 nitrogen and oxygen atoms in total. The highest BCUT2D eigenvalue weighted by atomic mass is 35.5. The number of ether oxygens (including phenoxy) is 2. The molecule has 3 aromatic carbocycles. The summed E-state index contributed by atoms with van der Waals surface area (Å²) in [6.07, 6.45) is 0.545. The summed E-state index contributed by atoms with van der Waals surface area (Å²) < 4.78 is 10.7. The molecule has 0 aromatic heterocycles. The van der Waals surface area contributed by atoms with Crippen molar-refractivity contribution in [1.29, 1.82) is 0 Å². The van der Waals surface area contributed by atoms with E-state index in [-0.39, 0.29) is 18.2 Å². The van der Waals surface area contributed by atoms with Crippen LogP contribution < -0.4 is 19.7 Å². The fraction of sp³-hybridized carbons (Fsp3) is 0.222. The largest absolute Gasteiger partial charge is 0.493 e. The molecule has 1 N–H and O–H groups in total. The Hall–Kier alpha value is -3.62. The zero-order chi connectivity index (χ0) is 25.7. The van der Waals surface area contributed by atoms with Gasteiger partial charge in [-0.1, -0.05) is 35.9 Å². The Morgan fingerprint density at radius 1 is 1.00 bits per heavy atom. The second kappa shape index (κ2) is 11.4. The number of carbonyl (C=O) groups excluding carboxylic acids is 2. The molecular formula is C27H26ClN3O4S. The molecule has 3 aromatic rings. The number of methoxy groups -OCH3 is 2. The molecular weight excluding hydrogens is 498 g/mol. The fourth-order valence-corrected chi connectivity index (χ4v) is 4.65. The van der Waals surface area contributed by atoms with Crippen LogP contribution in [-0.4, -0.2) is 48.6 Å². The molecule has 0 saturated carbocycles. The van der Waals surface area contributed by atoms with E-state index in [0.29, 0.717) is 46.0 Å². The van der Waals surface area contributed by atoms with Crippen molar-refractivity contribution in [2.75, 3.05) is 31.0 Å². The lowest BCUT2D eigenvalue weighted by molar-refractivity contribution is -0.124. The Bertz CT molecular complexity index is 1250. The molecule has 1 fully saturated rings. The first-order valence-electron chi connectivity index (χ1n) is 11.4. The maximum absolute atomic E-state index is 13.5. The third-order valence-electron chi connectivity index (χ3n) is 5.93. The number of anilines is 2. The number of hydrogen-bond donors (Lipinski definition) is 1. The number of thiocarbonyl (C=S) groups is 1. The van der Waals surface area contributed by atoms with Gasteiger partial charge in [-0.2, -0.15) is 0 Å². The van der Waals surface area contributed by atoms with Gasteiger partial charge in [0, 0.05) is 17.3 Å². The van der Waals surface area contributed by atoms with E-state index in [1.54, 1.807) is 50.6 Å². The first-order chi connectivity index (χ1) is 17.4. The zero-order valence-electron chi connectivity index (χ0n) is 19.9. The second-order valence-corrected chi connectivity index (χ2v) is 9.00. The molecule has 1 aliphatic heterocycles. The molecule has 1 heterocycles. The van der Waals surface area contributed by atoms with E-state index in [4.69, 9.17) is 33.3 Å². The molecule has 9 heteroatoms. The number of carbonyl (C=O) groups is 2. The Kier molecular flexibility index (Phi) is 8.07. The zero-order valence-corrected chi connectivity index (χ0v) is 21.5. The molecule has 1 atom stereocenters. The van der Waals surface area contributed by atoms with E-state index < -0.39 is 6.04 Å². The second-order valence-electron chi connectivity index (χ2n) is 8.20. The SMILES string of the molecule is COc1ccc(CCN2C(=S)N(c3ccc(Cl)cc3)C(=O)[C@H]2CC(=O)Nc2ccccc2)cc1OC. The number of benzene rings is 3. The summed E-state index contributed by atoms with van der Waals surface area (Å²) in [7, 11) is 3.17. The number of nitrogens with zero attached hydrogens (tertiary/aromatic N) is 2. The van der Waals surface area contributed by atoms with Crippen molar-refractivity contribution >= 4 is 52.1 Å². The van der Waals surface area contributed by atoms with Gasteiger partial charge in [-0.05, 0) is 72.7 Å². The summed E-state index contributed by atoms with van der Waals surface area (Å²) in [6.45, 7) is 0.438. The lowest BCUT2D eigenvalue weighted by Gasteiger charge is -2.24. The van der Waals surface area contributed by atoms with Crippen LogP contribution in [0.15, 0.2) is 72.8 Å². The Morgan fingerprint density at radius 3 is 2.36 bits per heavy atom. The van der Waals surface area contributed by atoms with Crippen LogP contribution in [0.1, 0.15) is 12.0 Å². The molecule has 36 heavy (non-hydrogen) atoms. The van der Waals surface area contributed by atoms with Crippen molar-refractivity contribution < 1.29 is 19.1 Å². The van der Waals surface area contributed by atoms with Gasteiger partial charge in [-0.3, -0.25) is 14.5 Å². The minimum Gasteiger partial charge on any atom is -0.493 e.